The Kier molecular flexibility index (Phi) is 3.74. The van der Waals surface area contributed by atoms with Gasteiger partial charge in [0, 0.05) is 22.5 Å². The third kappa shape index (κ3) is 1.96. The molecular formula is C21H28O5. The van der Waals surface area contributed by atoms with Crippen molar-refractivity contribution in [2.45, 2.75) is 76.6 Å². The topological polar surface area (TPSA) is 87.0 Å². The van der Waals surface area contributed by atoms with Gasteiger partial charge in [-0.1, -0.05) is 34.1 Å². The lowest BCUT2D eigenvalue weighted by Gasteiger charge is -2.64. The van der Waals surface area contributed by atoms with Gasteiger partial charge in [0.25, 0.3) is 0 Å². The van der Waals surface area contributed by atoms with E-state index in [1.807, 2.05) is 19.9 Å². The number of aromatic hydroxyl groups is 2. The number of rotatable bonds is 2. The van der Waals surface area contributed by atoms with Gasteiger partial charge in [-0.2, -0.15) is 0 Å². The summed E-state index contributed by atoms with van der Waals surface area (Å²) in [7, 11) is 0. The molecular weight excluding hydrogens is 332 g/mol. The average molecular weight is 360 g/mol. The summed E-state index contributed by atoms with van der Waals surface area (Å²) in [5, 5.41) is 32.8. The maximum absolute atomic E-state index is 11.9. The molecule has 2 heterocycles. The summed E-state index contributed by atoms with van der Waals surface area (Å²) < 4.78 is 6.05. The number of benzene rings is 1. The second-order valence-corrected chi connectivity index (χ2v) is 9.25. The van der Waals surface area contributed by atoms with Crippen molar-refractivity contribution in [3.05, 3.63) is 22.8 Å². The Hall–Kier alpha value is -1.59. The molecule has 2 bridgehead atoms. The van der Waals surface area contributed by atoms with Crippen LogP contribution in [0.5, 0.6) is 11.5 Å². The van der Waals surface area contributed by atoms with Crippen molar-refractivity contribution in [1.29, 1.82) is 0 Å². The zero-order chi connectivity index (χ0) is 19.0. The van der Waals surface area contributed by atoms with Crippen LogP contribution in [0.2, 0.25) is 0 Å². The van der Waals surface area contributed by atoms with E-state index in [1.54, 1.807) is 0 Å². The first kappa shape index (κ1) is 17.8. The minimum atomic E-state index is -0.802. The van der Waals surface area contributed by atoms with E-state index < -0.39 is 23.7 Å². The van der Waals surface area contributed by atoms with Crippen LogP contribution in [-0.4, -0.2) is 33.8 Å². The highest BCUT2D eigenvalue weighted by molar-refractivity contribution is 5.69. The molecule has 26 heavy (non-hydrogen) atoms. The number of hydrogen-bond acceptors (Lipinski definition) is 5. The van der Waals surface area contributed by atoms with Crippen molar-refractivity contribution in [2.75, 3.05) is 0 Å². The monoisotopic (exact) mass is 360 g/mol. The molecule has 2 aliphatic carbocycles. The fraction of sp³-hybridized carbons (Fsp3) is 0.667. The van der Waals surface area contributed by atoms with Gasteiger partial charge in [-0.15, -0.1) is 0 Å². The summed E-state index contributed by atoms with van der Waals surface area (Å²) in [5.74, 6) is -0.440. The van der Waals surface area contributed by atoms with E-state index in [9.17, 15) is 20.1 Å². The van der Waals surface area contributed by atoms with Crippen LogP contribution >= 0.6 is 0 Å². The van der Waals surface area contributed by atoms with E-state index >= 15 is 0 Å². The van der Waals surface area contributed by atoms with E-state index in [0.717, 1.165) is 24.7 Å². The normalized spacial score (nSPS) is 37.3. The molecule has 5 atom stereocenters. The quantitative estimate of drug-likeness (QED) is 0.556. The second kappa shape index (κ2) is 5.46. The van der Waals surface area contributed by atoms with Crippen molar-refractivity contribution in [1.82, 2.24) is 0 Å². The Morgan fingerprint density at radius 3 is 2.54 bits per heavy atom. The third-order valence-electron chi connectivity index (χ3n) is 7.11. The third-order valence-corrected chi connectivity index (χ3v) is 7.11. The molecule has 2 aliphatic heterocycles. The van der Waals surface area contributed by atoms with Crippen molar-refractivity contribution >= 4 is 6.29 Å². The molecule has 1 spiro atoms. The van der Waals surface area contributed by atoms with Crippen LogP contribution in [0, 0.1) is 11.3 Å². The van der Waals surface area contributed by atoms with E-state index in [4.69, 9.17) is 4.74 Å². The number of aliphatic hydroxyl groups excluding tert-OH is 1. The van der Waals surface area contributed by atoms with E-state index in [1.165, 1.54) is 0 Å². The maximum Gasteiger partial charge on any atom is 0.162 e. The van der Waals surface area contributed by atoms with Crippen LogP contribution in [0.3, 0.4) is 0 Å². The van der Waals surface area contributed by atoms with Crippen LogP contribution in [0.1, 0.15) is 75.7 Å². The second-order valence-electron chi connectivity index (χ2n) is 9.25. The predicted octanol–water partition coefficient (Wildman–Crippen LogP) is 3.30. The molecule has 1 unspecified atom stereocenters. The zero-order valence-electron chi connectivity index (χ0n) is 15.8. The number of ether oxygens (including phenoxy) is 1. The minimum absolute atomic E-state index is 0.0155. The number of fused-ring (bicyclic) bond motifs is 1. The number of phenols is 2. The Labute approximate surface area is 154 Å². The first-order chi connectivity index (χ1) is 12.2. The Morgan fingerprint density at radius 2 is 1.92 bits per heavy atom. The molecule has 1 aromatic carbocycles. The minimum Gasteiger partial charge on any atom is -0.504 e. The first-order valence-electron chi connectivity index (χ1n) is 9.55. The van der Waals surface area contributed by atoms with Crippen LogP contribution in [-0.2, 0) is 14.9 Å². The highest BCUT2D eigenvalue weighted by Crippen LogP contribution is 2.67. The molecule has 0 aromatic heterocycles. The zero-order valence-corrected chi connectivity index (χ0v) is 15.8. The molecule has 5 nitrogen and oxygen atoms in total. The van der Waals surface area contributed by atoms with Crippen LogP contribution in [0.25, 0.3) is 0 Å². The summed E-state index contributed by atoms with van der Waals surface area (Å²) in [5.41, 5.74) is 0.983. The van der Waals surface area contributed by atoms with Gasteiger partial charge in [-0.3, -0.25) is 0 Å². The van der Waals surface area contributed by atoms with Crippen LogP contribution in [0.4, 0.5) is 0 Å². The number of phenolic OH excluding ortho intramolecular Hbond substituents is 2. The molecule has 4 aliphatic rings. The lowest BCUT2D eigenvalue weighted by molar-refractivity contribution is -0.234. The summed E-state index contributed by atoms with van der Waals surface area (Å²) in [4.78, 5) is 11.9. The van der Waals surface area contributed by atoms with Crippen LogP contribution < -0.4 is 0 Å². The fourth-order valence-electron chi connectivity index (χ4n) is 6.15. The van der Waals surface area contributed by atoms with E-state index in [0.29, 0.717) is 17.5 Å². The Balaban J connectivity index is 2.06. The maximum atomic E-state index is 11.9. The summed E-state index contributed by atoms with van der Waals surface area (Å²) in [6.45, 7) is 8.11. The molecule has 0 radical (unpaired) electrons. The van der Waals surface area contributed by atoms with Crippen molar-refractivity contribution < 1.29 is 24.9 Å². The van der Waals surface area contributed by atoms with Gasteiger partial charge < -0.3 is 24.9 Å². The fourth-order valence-corrected chi connectivity index (χ4v) is 6.15. The summed E-state index contributed by atoms with van der Waals surface area (Å²) >= 11 is 0. The van der Waals surface area contributed by atoms with E-state index in [-0.39, 0.29) is 28.7 Å². The highest BCUT2D eigenvalue weighted by atomic mass is 16.5. The number of carbonyl (C=O) groups is 1. The molecule has 5 heteroatoms. The molecule has 5 rings (SSSR count). The number of carbonyl (C=O) groups excluding carboxylic acids is 1. The van der Waals surface area contributed by atoms with Gasteiger partial charge in [0.15, 0.2) is 11.5 Å². The Bertz CT molecular complexity index is 768. The summed E-state index contributed by atoms with van der Waals surface area (Å²) in [6.07, 6.45) is 1.16. The lowest BCUT2D eigenvalue weighted by atomic mass is 9.45. The molecule has 0 amide bonds. The molecule has 1 saturated carbocycles. The highest BCUT2D eigenvalue weighted by Gasteiger charge is 2.67. The number of aliphatic hydroxyl groups is 1. The largest absolute Gasteiger partial charge is 0.504 e. The van der Waals surface area contributed by atoms with Gasteiger partial charge in [-0.25, -0.2) is 0 Å². The van der Waals surface area contributed by atoms with Crippen molar-refractivity contribution in [2.24, 2.45) is 11.3 Å². The number of aldehydes is 1. The number of hydrogen-bond donors (Lipinski definition) is 3. The molecule has 142 valence electrons. The standard InChI is InChI=1S/C21H28O5/c1-10(2)11-8-12-14(16(24)15(11)23)21-7-5-6-20(3,4)19(21)17(25)18(12)26-13(21)9-22/h8-10,13,17-19,23-25H,5-7H2,1-4H3/t13?,17-,18+,19-,21-/m0/s1. The SMILES string of the molecule is CC(C)c1cc2c(c(O)c1O)[C@@]13CCCC(C)(C)[C@@H]1[C@@H](O)[C@@H]2OC3C=O. The molecule has 2 fully saturated rings. The lowest BCUT2D eigenvalue weighted by Crippen LogP contribution is -2.67. The summed E-state index contributed by atoms with van der Waals surface area (Å²) in [6, 6.07) is 1.85. The van der Waals surface area contributed by atoms with Gasteiger partial charge in [0.05, 0.1) is 6.10 Å². The van der Waals surface area contributed by atoms with Crippen LogP contribution in [0.15, 0.2) is 6.07 Å². The first-order valence-corrected chi connectivity index (χ1v) is 9.55. The molecule has 3 N–H and O–H groups in total. The average Bonchev–Trinajstić information content (AvgIpc) is 2.56. The Morgan fingerprint density at radius 1 is 1.23 bits per heavy atom. The van der Waals surface area contributed by atoms with Crippen molar-refractivity contribution in [3.63, 3.8) is 0 Å². The van der Waals surface area contributed by atoms with Gasteiger partial charge in [-0.05, 0) is 35.8 Å². The van der Waals surface area contributed by atoms with Gasteiger partial charge in [0.1, 0.15) is 18.5 Å². The smallest absolute Gasteiger partial charge is 0.162 e. The van der Waals surface area contributed by atoms with Gasteiger partial charge >= 0.3 is 0 Å². The predicted molar refractivity (Wildman–Crippen MR) is 96.3 cm³/mol. The molecule has 1 saturated heterocycles. The van der Waals surface area contributed by atoms with Gasteiger partial charge in [0.2, 0.25) is 0 Å². The molecule has 1 aromatic rings. The van der Waals surface area contributed by atoms with Crippen molar-refractivity contribution in [3.8, 4) is 11.5 Å². The van der Waals surface area contributed by atoms with E-state index in [2.05, 4.69) is 13.8 Å².